The van der Waals surface area contributed by atoms with Gasteiger partial charge in [-0.1, -0.05) is 20.8 Å². The summed E-state index contributed by atoms with van der Waals surface area (Å²) >= 11 is 0. The Morgan fingerprint density at radius 3 is 2.00 bits per heavy atom. The quantitative estimate of drug-likeness (QED) is 0.546. The van der Waals surface area contributed by atoms with Gasteiger partial charge in [-0.05, 0) is 12.3 Å². The van der Waals surface area contributed by atoms with Crippen LogP contribution in [-0.2, 0) is 0 Å². The van der Waals surface area contributed by atoms with E-state index in [1.165, 1.54) is 0 Å². The Morgan fingerprint density at radius 1 is 1.09 bits per heavy atom. The Kier molecular flexibility index (Phi) is 2.55. The topological polar surface area (TPSA) is 24.1 Å². The van der Waals surface area contributed by atoms with Gasteiger partial charge in [0.1, 0.15) is 0 Å². The van der Waals surface area contributed by atoms with Gasteiger partial charge < -0.3 is 10.6 Å². The molecule has 66 valence electrons. The molecule has 0 saturated carbocycles. The van der Waals surface area contributed by atoms with E-state index in [0.29, 0.717) is 17.5 Å². The van der Waals surface area contributed by atoms with Gasteiger partial charge in [-0.3, -0.25) is 0 Å². The smallest absolute Gasteiger partial charge is 0.0267 e. The van der Waals surface area contributed by atoms with Gasteiger partial charge >= 0.3 is 0 Å². The van der Waals surface area contributed by atoms with Crippen LogP contribution in [0.1, 0.15) is 27.7 Å². The summed E-state index contributed by atoms with van der Waals surface area (Å²) in [5.41, 5.74) is 0.368. The van der Waals surface area contributed by atoms with E-state index in [4.69, 9.17) is 0 Å². The maximum atomic E-state index is 3.55. The molecule has 0 aromatic rings. The van der Waals surface area contributed by atoms with Crippen LogP contribution in [0.3, 0.4) is 0 Å². The second-order valence-corrected chi connectivity index (χ2v) is 4.54. The fraction of sp³-hybridized carbons (Fsp3) is 1.00. The minimum atomic E-state index is 0.368. The minimum absolute atomic E-state index is 0.368. The maximum absolute atomic E-state index is 3.55. The van der Waals surface area contributed by atoms with Gasteiger partial charge in [0.2, 0.25) is 0 Å². The Morgan fingerprint density at radius 2 is 1.64 bits per heavy atom. The standard InChI is InChI=1S/C9H20N2/c1-7-8(9(2,3)4)11-6-5-10-7/h7-8,10-11H,5-6H2,1-4H3. The van der Waals surface area contributed by atoms with E-state index < -0.39 is 0 Å². The lowest BCUT2D eigenvalue weighted by Crippen LogP contribution is -2.59. The number of hydrogen-bond donors (Lipinski definition) is 2. The molecule has 0 bridgehead atoms. The molecular weight excluding hydrogens is 136 g/mol. The van der Waals surface area contributed by atoms with Gasteiger partial charge in [0, 0.05) is 25.2 Å². The van der Waals surface area contributed by atoms with Crippen molar-refractivity contribution in [1.82, 2.24) is 10.6 Å². The Balaban J connectivity index is 2.55. The number of hydrogen-bond acceptors (Lipinski definition) is 2. The second kappa shape index (κ2) is 3.11. The first kappa shape index (κ1) is 9.01. The van der Waals surface area contributed by atoms with Crippen LogP contribution in [0.2, 0.25) is 0 Å². The molecule has 0 radical (unpaired) electrons. The second-order valence-electron chi connectivity index (χ2n) is 4.54. The van der Waals surface area contributed by atoms with Crippen molar-refractivity contribution in [3.63, 3.8) is 0 Å². The van der Waals surface area contributed by atoms with Crippen molar-refractivity contribution in [3.05, 3.63) is 0 Å². The van der Waals surface area contributed by atoms with Gasteiger partial charge in [0.25, 0.3) is 0 Å². The van der Waals surface area contributed by atoms with E-state index in [1.807, 2.05) is 0 Å². The predicted molar refractivity (Wildman–Crippen MR) is 48.7 cm³/mol. The highest BCUT2D eigenvalue weighted by Gasteiger charge is 2.30. The Labute approximate surface area is 69.8 Å². The lowest BCUT2D eigenvalue weighted by atomic mass is 9.82. The average molecular weight is 156 g/mol. The number of piperazine rings is 1. The monoisotopic (exact) mass is 156 g/mol. The van der Waals surface area contributed by atoms with Gasteiger partial charge in [-0.25, -0.2) is 0 Å². The molecule has 0 aliphatic carbocycles. The molecular formula is C9H20N2. The van der Waals surface area contributed by atoms with Crippen LogP contribution in [-0.4, -0.2) is 25.2 Å². The lowest BCUT2D eigenvalue weighted by Gasteiger charge is -2.40. The van der Waals surface area contributed by atoms with Crippen molar-refractivity contribution in [2.24, 2.45) is 5.41 Å². The normalized spacial score (nSPS) is 33.8. The molecule has 2 nitrogen and oxygen atoms in total. The third-order valence-corrected chi connectivity index (χ3v) is 2.39. The summed E-state index contributed by atoms with van der Waals surface area (Å²) in [7, 11) is 0. The fourth-order valence-corrected chi connectivity index (χ4v) is 1.88. The Hall–Kier alpha value is -0.0800. The molecule has 2 heteroatoms. The highest BCUT2D eigenvalue weighted by molar-refractivity contribution is 4.91. The summed E-state index contributed by atoms with van der Waals surface area (Å²) in [5.74, 6) is 0. The van der Waals surface area contributed by atoms with E-state index in [1.54, 1.807) is 0 Å². The molecule has 11 heavy (non-hydrogen) atoms. The van der Waals surface area contributed by atoms with Crippen LogP contribution in [0.25, 0.3) is 0 Å². The summed E-state index contributed by atoms with van der Waals surface area (Å²) in [4.78, 5) is 0. The zero-order chi connectivity index (χ0) is 8.48. The van der Waals surface area contributed by atoms with Gasteiger partial charge in [0.05, 0.1) is 0 Å². The summed E-state index contributed by atoms with van der Waals surface area (Å²) < 4.78 is 0. The van der Waals surface area contributed by atoms with Gasteiger partial charge in [0.15, 0.2) is 0 Å². The van der Waals surface area contributed by atoms with E-state index >= 15 is 0 Å². The van der Waals surface area contributed by atoms with Gasteiger partial charge in [-0.2, -0.15) is 0 Å². The third-order valence-electron chi connectivity index (χ3n) is 2.39. The third kappa shape index (κ3) is 2.17. The molecule has 0 spiro atoms. The van der Waals surface area contributed by atoms with E-state index in [9.17, 15) is 0 Å². The first-order valence-electron chi connectivity index (χ1n) is 4.48. The van der Waals surface area contributed by atoms with Crippen molar-refractivity contribution in [2.45, 2.75) is 39.8 Å². The maximum Gasteiger partial charge on any atom is 0.0267 e. The minimum Gasteiger partial charge on any atom is -0.311 e. The molecule has 1 aliphatic rings. The molecule has 2 atom stereocenters. The van der Waals surface area contributed by atoms with Crippen molar-refractivity contribution >= 4 is 0 Å². The molecule has 1 saturated heterocycles. The van der Waals surface area contributed by atoms with E-state index in [-0.39, 0.29) is 0 Å². The largest absolute Gasteiger partial charge is 0.311 e. The summed E-state index contributed by atoms with van der Waals surface area (Å²) in [6.45, 7) is 11.3. The molecule has 2 unspecified atom stereocenters. The molecule has 0 aromatic carbocycles. The van der Waals surface area contributed by atoms with Crippen molar-refractivity contribution in [1.29, 1.82) is 0 Å². The molecule has 1 rings (SSSR count). The lowest BCUT2D eigenvalue weighted by molar-refractivity contribution is 0.194. The van der Waals surface area contributed by atoms with Crippen LogP contribution in [0, 0.1) is 5.41 Å². The van der Waals surface area contributed by atoms with Crippen LogP contribution < -0.4 is 10.6 Å². The first-order valence-corrected chi connectivity index (χ1v) is 4.48. The van der Waals surface area contributed by atoms with E-state index in [2.05, 4.69) is 38.3 Å². The fourth-order valence-electron chi connectivity index (χ4n) is 1.88. The van der Waals surface area contributed by atoms with Gasteiger partial charge in [-0.15, -0.1) is 0 Å². The highest BCUT2D eigenvalue weighted by Crippen LogP contribution is 2.22. The molecule has 0 amide bonds. The Bertz CT molecular complexity index is 126. The SMILES string of the molecule is CC1NCCNC1C(C)(C)C. The summed E-state index contributed by atoms with van der Waals surface area (Å²) in [6, 6.07) is 1.21. The molecule has 0 aromatic heterocycles. The van der Waals surface area contributed by atoms with Crippen LogP contribution in [0.15, 0.2) is 0 Å². The predicted octanol–water partition coefficient (Wildman–Crippen LogP) is 0.982. The van der Waals surface area contributed by atoms with Crippen molar-refractivity contribution in [2.75, 3.05) is 13.1 Å². The molecule has 2 N–H and O–H groups in total. The van der Waals surface area contributed by atoms with Crippen LogP contribution >= 0.6 is 0 Å². The van der Waals surface area contributed by atoms with E-state index in [0.717, 1.165) is 13.1 Å². The number of nitrogens with one attached hydrogen (secondary N) is 2. The first-order chi connectivity index (χ1) is 5.02. The summed E-state index contributed by atoms with van der Waals surface area (Å²) in [6.07, 6.45) is 0. The zero-order valence-electron chi connectivity index (χ0n) is 8.07. The van der Waals surface area contributed by atoms with Crippen LogP contribution in [0.4, 0.5) is 0 Å². The molecule has 1 heterocycles. The van der Waals surface area contributed by atoms with Crippen molar-refractivity contribution in [3.8, 4) is 0 Å². The highest BCUT2D eigenvalue weighted by atomic mass is 15.1. The number of rotatable bonds is 0. The zero-order valence-corrected chi connectivity index (χ0v) is 8.07. The van der Waals surface area contributed by atoms with Crippen molar-refractivity contribution < 1.29 is 0 Å². The molecule has 1 fully saturated rings. The molecule has 1 aliphatic heterocycles. The van der Waals surface area contributed by atoms with Crippen LogP contribution in [0.5, 0.6) is 0 Å². The average Bonchev–Trinajstić information content (AvgIpc) is 1.86. The summed E-state index contributed by atoms with van der Waals surface area (Å²) in [5, 5.41) is 7.02.